The normalized spacial score (nSPS) is 24.5. The van der Waals surface area contributed by atoms with E-state index in [1.54, 1.807) is 48.5 Å². The Balaban J connectivity index is 1.98. The molecule has 0 aliphatic heterocycles. The van der Waals surface area contributed by atoms with Gasteiger partial charge in [0.05, 0.1) is 10.1 Å². The molecular formula is C16H13ClO3S. The molecular weight excluding hydrogens is 308 g/mol. The molecule has 0 bridgehead atoms. The van der Waals surface area contributed by atoms with Crippen LogP contribution in [0.25, 0.3) is 0 Å². The van der Waals surface area contributed by atoms with Crippen molar-refractivity contribution in [1.29, 1.82) is 0 Å². The summed E-state index contributed by atoms with van der Waals surface area (Å²) < 4.78 is 25.3. The van der Waals surface area contributed by atoms with E-state index in [1.165, 1.54) is 0 Å². The van der Waals surface area contributed by atoms with E-state index in [4.69, 9.17) is 11.6 Å². The lowest BCUT2D eigenvalue weighted by Crippen LogP contribution is -2.10. The minimum absolute atomic E-state index is 0.256. The van der Waals surface area contributed by atoms with E-state index in [1.807, 2.05) is 6.07 Å². The van der Waals surface area contributed by atoms with Gasteiger partial charge in [0, 0.05) is 16.9 Å². The molecule has 3 nitrogen and oxygen atoms in total. The fourth-order valence-corrected chi connectivity index (χ4v) is 5.09. The van der Waals surface area contributed by atoms with Crippen LogP contribution in [0.1, 0.15) is 11.5 Å². The second-order valence-corrected chi connectivity index (χ2v) is 7.66. The van der Waals surface area contributed by atoms with Crippen molar-refractivity contribution in [2.75, 3.05) is 0 Å². The van der Waals surface area contributed by atoms with Gasteiger partial charge in [0.15, 0.2) is 9.84 Å². The molecule has 108 valence electrons. The van der Waals surface area contributed by atoms with E-state index >= 15 is 0 Å². The van der Waals surface area contributed by atoms with Gasteiger partial charge in [0.25, 0.3) is 0 Å². The molecule has 2 aromatic rings. The summed E-state index contributed by atoms with van der Waals surface area (Å²) >= 11 is 5.95. The number of carbonyl (C=O) groups is 1. The Bertz CT molecular complexity index is 771. The van der Waals surface area contributed by atoms with Gasteiger partial charge in [-0.05, 0) is 29.8 Å². The van der Waals surface area contributed by atoms with Crippen molar-refractivity contribution in [2.24, 2.45) is 5.92 Å². The molecule has 0 unspecified atom stereocenters. The molecule has 0 radical (unpaired) electrons. The molecule has 0 aromatic heterocycles. The van der Waals surface area contributed by atoms with Crippen molar-refractivity contribution in [3.8, 4) is 0 Å². The van der Waals surface area contributed by atoms with Gasteiger partial charge in [-0.3, -0.25) is 0 Å². The minimum atomic E-state index is -3.51. The average molecular weight is 321 g/mol. The largest absolute Gasteiger partial charge is 0.303 e. The average Bonchev–Trinajstić information content (AvgIpc) is 3.23. The van der Waals surface area contributed by atoms with Crippen molar-refractivity contribution < 1.29 is 13.2 Å². The number of rotatable bonds is 4. The quantitative estimate of drug-likeness (QED) is 0.813. The van der Waals surface area contributed by atoms with Crippen LogP contribution < -0.4 is 0 Å². The summed E-state index contributed by atoms with van der Waals surface area (Å²) in [6, 6.07) is 15.3. The van der Waals surface area contributed by atoms with Gasteiger partial charge in [-0.1, -0.05) is 41.9 Å². The standard InChI is InChI=1S/C16H13ClO3S/c17-12-6-4-5-11(9-12)15-14(10-18)16(15)21(19,20)13-7-2-1-3-8-13/h1-10,14-16H/t14-,15+,16+/m0/s1. The van der Waals surface area contributed by atoms with Crippen molar-refractivity contribution >= 4 is 27.7 Å². The molecule has 1 saturated carbocycles. The smallest absolute Gasteiger partial charge is 0.182 e. The number of halogens is 1. The summed E-state index contributed by atoms with van der Waals surface area (Å²) in [5.41, 5.74) is 0.795. The van der Waals surface area contributed by atoms with E-state index in [2.05, 4.69) is 0 Å². The number of aldehydes is 1. The number of hydrogen-bond acceptors (Lipinski definition) is 3. The van der Waals surface area contributed by atoms with Crippen LogP contribution in [0.4, 0.5) is 0 Å². The third kappa shape index (κ3) is 2.49. The Hall–Kier alpha value is -1.65. The highest BCUT2D eigenvalue weighted by Gasteiger charge is 2.59. The molecule has 0 heterocycles. The van der Waals surface area contributed by atoms with Crippen LogP contribution in [-0.2, 0) is 14.6 Å². The Labute approximate surface area is 128 Å². The van der Waals surface area contributed by atoms with Gasteiger partial charge in [-0.2, -0.15) is 0 Å². The Morgan fingerprint density at radius 3 is 2.33 bits per heavy atom. The summed E-state index contributed by atoms with van der Waals surface area (Å²) in [6.07, 6.45) is 0.733. The predicted octanol–water partition coefficient (Wildman–Crippen LogP) is 3.09. The molecule has 3 rings (SSSR count). The molecule has 0 saturated heterocycles. The van der Waals surface area contributed by atoms with Crippen molar-refractivity contribution in [1.82, 2.24) is 0 Å². The topological polar surface area (TPSA) is 51.2 Å². The van der Waals surface area contributed by atoms with Crippen molar-refractivity contribution in [3.05, 3.63) is 65.2 Å². The number of benzene rings is 2. The van der Waals surface area contributed by atoms with Crippen LogP contribution in [0.5, 0.6) is 0 Å². The summed E-state index contributed by atoms with van der Waals surface area (Å²) in [5.74, 6) is -0.819. The van der Waals surface area contributed by atoms with Crippen LogP contribution >= 0.6 is 11.6 Å². The molecule has 1 aliphatic carbocycles. The first kappa shape index (κ1) is 14.3. The highest BCUT2D eigenvalue weighted by molar-refractivity contribution is 7.92. The number of hydrogen-bond donors (Lipinski definition) is 0. The minimum Gasteiger partial charge on any atom is -0.303 e. The van der Waals surface area contributed by atoms with Gasteiger partial charge >= 0.3 is 0 Å². The van der Waals surface area contributed by atoms with Crippen LogP contribution in [0.2, 0.25) is 5.02 Å². The van der Waals surface area contributed by atoms with E-state index < -0.39 is 21.0 Å². The van der Waals surface area contributed by atoms with Crippen LogP contribution in [-0.4, -0.2) is 20.0 Å². The second-order valence-electron chi connectivity index (χ2n) is 5.12. The zero-order chi connectivity index (χ0) is 15.0. The van der Waals surface area contributed by atoms with Crippen LogP contribution in [0.15, 0.2) is 59.5 Å². The molecule has 0 amide bonds. The molecule has 5 heteroatoms. The Morgan fingerprint density at radius 2 is 1.71 bits per heavy atom. The van der Waals surface area contributed by atoms with Crippen molar-refractivity contribution in [3.63, 3.8) is 0 Å². The third-order valence-electron chi connectivity index (χ3n) is 3.83. The monoisotopic (exact) mass is 320 g/mol. The van der Waals surface area contributed by atoms with Gasteiger partial charge in [0.1, 0.15) is 6.29 Å². The molecule has 1 aliphatic rings. The maximum atomic E-state index is 12.6. The lowest BCUT2D eigenvalue weighted by atomic mass is 10.1. The van der Waals surface area contributed by atoms with Gasteiger partial charge in [0.2, 0.25) is 0 Å². The lowest BCUT2D eigenvalue weighted by Gasteiger charge is -2.04. The van der Waals surface area contributed by atoms with Crippen molar-refractivity contribution in [2.45, 2.75) is 16.1 Å². The zero-order valence-electron chi connectivity index (χ0n) is 11.0. The van der Waals surface area contributed by atoms with Gasteiger partial charge < -0.3 is 4.79 Å². The molecule has 2 aromatic carbocycles. The SMILES string of the molecule is O=C[C@H]1[C@@H](c2cccc(Cl)c2)[C@@H]1S(=O)(=O)c1ccccc1. The van der Waals surface area contributed by atoms with E-state index in [-0.39, 0.29) is 10.8 Å². The summed E-state index contributed by atoms with van der Waals surface area (Å²) in [6.45, 7) is 0. The fourth-order valence-electron chi connectivity index (χ4n) is 2.76. The summed E-state index contributed by atoms with van der Waals surface area (Å²) in [4.78, 5) is 11.5. The van der Waals surface area contributed by atoms with E-state index in [0.29, 0.717) is 5.02 Å². The maximum Gasteiger partial charge on any atom is 0.182 e. The first-order chi connectivity index (χ1) is 10.1. The van der Waals surface area contributed by atoms with Gasteiger partial charge in [-0.15, -0.1) is 0 Å². The second kappa shape index (κ2) is 5.28. The van der Waals surface area contributed by atoms with Crippen LogP contribution in [0, 0.1) is 5.92 Å². The highest BCUT2D eigenvalue weighted by Crippen LogP contribution is 2.53. The number of carbonyl (C=O) groups excluding carboxylic acids is 1. The summed E-state index contributed by atoms with van der Waals surface area (Å²) in [7, 11) is -3.51. The maximum absolute atomic E-state index is 12.6. The van der Waals surface area contributed by atoms with E-state index in [9.17, 15) is 13.2 Å². The first-order valence-electron chi connectivity index (χ1n) is 6.55. The number of sulfone groups is 1. The summed E-state index contributed by atoms with van der Waals surface area (Å²) in [5, 5.41) is -0.157. The molecule has 21 heavy (non-hydrogen) atoms. The fraction of sp³-hybridized carbons (Fsp3) is 0.188. The first-order valence-corrected chi connectivity index (χ1v) is 8.48. The zero-order valence-corrected chi connectivity index (χ0v) is 12.6. The molecule has 1 fully saturated rings. The van der Waals surface area contributed by atoms with E-state index in [0.717, 1.165) is 11.8 Å². The van der Waals surface area contributed by atoms with Gasteiger partial charge in [-0.25, -0.2) is 8.42 Å². The van der Waals surface area contributed by atoms with Crippen LogP contribution in [0.3, 0.4) is 0 Å². The molecule has 0 N–H and O–H groups in total. The molecule has 3 atom stereocenters. The Morgan fingerprint density at radius 1 is 1.00 bits per heavy atom. The lowest BCUT2D eigenvalue weighted by molar-refractivity contribution is -0.108. The third-order valence-corrected chi connectivity index (χ3v) is 6.32. The Kier molecular flexibility index (Phi) is 3.59. The highest BCUT2D eigenvalue weighted by atomic mass is 35.5. The predicted molar refractivity (Wildman–Crippen MR) is 81.2 cm³/mol. The molecule has 0 spiro atoms.